The smallest absolute Gasteiger partial charge is 0.0593 e. The van der Waals surface area contributed by atoms with Crippen molar-refractivity contribution in [3.63, 3.8) is 0 Å². The number of hydrogen-bond acceptors (Lipinski definition) is 4. The van der Waals surface area contributed by atoms with Crippen molar-refractivity contribution in [2.75, 3.05) is 72.1 Å². The molecule has 0 bridgehead atoms. The lowest BCUT2D eigenvalue weighted by Gasteiger charge is -2.36. The van der Waals surface area contributed by atoms with Gasteiger partial charge in [-0.05, 0) is 12.3 Å². The topological polar surface area (TPSA) is 19.0 Å². The summed E-state index contributed by atoms with van der Waals surface area (Å²) in [5.74, 6) is 0.846. The fourth-order valence-corrected chi connectivity index (χ4v) is 3.07. The van der Waals surface area contributed by atoms with Crippen molar-refractivity contribution < 1.29 is 4.74 Å². The average molecular weight is 283 g/mol. The van der Waals surface area contributed by atoms with E-state index in [1.807, 2.05) is 0 Å². The van der Waals surface area contributed by atoms with Gasteiger partial charge >= 0.3 is 0 Å². The molecule has 0 aromatic rings. The number of rotatable bonds is 6. The Morgan fingerprint density at radius 3 is 2.20 bits per heavy atom. The molecule has 118 valence electrons. The lowest BCUT2D eigenvalue weighted by Crippen LogP contribution is -2.49. The maximum Gasteiger partial charge on any atom is 0.0593 e. The van der Waals surface area contributed by atoms with Crippen LogP contribution in [-0.4, -0.2) is 86.8 Å². The standard InChI is InChI=1S/C16H33N3O/c1-3-16(2)15-19-10-8-18(9-11-19)7-6-17-5-4-13-20-14-12-17/h16H,3-15H2,1-2H3. The van der Waals surface area contributed by atoms with Gasteiger partial charge in [-0.25, -0.2) is 0 Å². The second-order valence-electron chi connectivity index (χ2n) is 6.46. The van der Waals surface area contributed by atoms with E-state index in [1.54, 1.807) is 0 Å². The summed E-state index contributed by atoms with van der Waals surface area (Å²) in [7, 11) is 0. The second-order valence-corrected chi connectivity index (χ2v) is 6.46. The molecule has 2 saturated heterocycles. The van der Waals surface area contributed by atoms with E-state index in [9.17, 15) is 0 Å². The number of ether oxygens (including phenoxy) is 1. The predicted molar refractivity (Wildman–Crippen MR) is 84.2 cm³/mol. The van der Waals surface area contributed by atoms with Crippen LogP contribution >= 0.6 is 0 Å². The first-order valence-corrected chi connectivity index (χ1v) is 8.52. The Hall–Kier alpha value is -0.160. The van der Waals surface area contributed by atoms with Crippen LogP contribution in [0.3, 0.4) is 0 Å². The third-order valence-electron chi connectivity index (χ3n) is 4.78. The van der Waals surface area contributed by atoms with Crippen molar-refractivity contribution in [3.05, 3.63) is 0 Å². The van der Waals surface area contributed by atoms with E-state index in [4.69, 9.17) is 4.74 Å². The molecule has 1 atom stereocenters. The second kappa shape index (κ2) is 8.98. The molecule has 2 aliphatic rings. The fourth-order valence-electron chi connectivity index (χ4n) is 3.07. The van der Waals surface area contributed by atoms with Crippen LogP contribution in [-0.2, 0) is 4.74 Å². The van der Waals surface area contributed by atoms with Gasteiger partial charge in [0.05, 0.1) is 6.61 Å². The third-order valence-corrected chi connectivity index (χ3v) is 4.78. The number of piperazine rings is 1. The summed E-state index contributed by atoms with van der Waals surface area (Å²) in [4.78, 5) is 7.85. The molecule has 2 aliphatic heterocycles. The third kappa shape index (κ3) is 5.68. The van der Waals surface area contributed by atoms with Crippen LogP contribution in [0.5, 0.6) is 0 Å². The molecule has 20 heavy (non-hydrogen) atoms. The van der Waals surface area contributed by atoms with Crippen LogP contribution in [0.1, 0.15) is 26.7 Å². The predicted octanol–water partition coefficient (Wildman–Crippen LogP) is 1.37. The molecule has 0 spiro atoms. The summed E-state index contributed by atoms with van der Waals surface area (Å²) < 4.78 is 5.52. The van der Waals surface area contributed by atoms with Crippen molar-refractivity contribution in [1.82, 2.24) is 14.7 Å². The van der Waals surface area contributed by atoms with Gasteiger partial charge in [-0.15, -0.1) is 0 Å². The van der Waals surface area contributed by atoms with Gasteiger partial charge in [0.25, 0.3) is 0 Å². The summed E-state index contributed by atoms with van der Waals surface area (Å²) in [6.07, 6.45) is 2.50. The normalized spacial score (nSPS) is 25.5. The molecule has 0 saturated carbocycles. The average Bonchev–Trinajstić information content (AvgIpc) is 2.75. The Kier molecular flexibility index (Phi) is 7.28. The van der Waals surface area contributed by atoms with Crippen molar-refractivity contribution in [2.24, 2.45) is 5.92 Å². The largest absolute Gasteiger partial charge is 0.380 e. The van der Waals surface area contributed by atoms with Crippen LogP contribution in [0.2, 0.25) is 0 Å². The van der Waals surface area contributed by atoms with E-state index >= 15 is 0 Å². The molecule has 0 radical (unpaired) electrons. The van der Waals surface area contributed by atoms with Crippen LogP contribution in [0.25, 0.3) is 0 Å². The van der Waals surface area contributed by atoms with E-state index in [1.165, 1.54) is 65.2 Å². The van der Waals surface area contributed by atoms with Crippen molar-refractivity contribution in [2.45, 2.75) is 26.7 Å². The highest BCUT2D eigenvalue weighted by atomic mass is 16.5. The van der Waals surface area contributed by atoms with Gasteiger partial charge in [0.15, 0.2) is 0 Å². The van der Waals surface area contributed by atoms with E-state index < -0.39 is 0 Å². The molecule has 4 heteroatoms. The van der Waals surface area contributed by atoms with Crippen LogP contribution < -0.4 is 0 Å². The van der Waals surface area contributed by atoms with Gasteiger partial charge in [0, 0.05) is 65.5 Å². The first-order valence-electron chi connectivity index (χ1n) is 8.52. The Labute approximate surface area is 125 Å². The van der Waals surface area contributed by atoms with Crippen molar-refractivity contribution in [3.8, 4) is 0 Å². The maximum absolute atomic E-state index is 5.52. The highest BCUT2D eigenvalue weighted by Gasteiger charge is 2.18. The van der Waals surface area contributed by atoms with Gasteiger partial charge in [0.1, 0.15) is 0 Å². The monoisotopic (exact) mass is 283 g/mol. The molecule has 2 fully saturated rings. The van der Waals surface area contributed by atoms with Gasteiger partial charge in [-0.1, -0.05) is 20.3 Å². The van der Waals surface area contributed by atoms with Crippen LogP contribution in [0.15, 0.2) is 0 Å². The molecule has 2 heterocycles. The molecule has 0 N–H and O–H groups in total. The van der Waals surface area contributed by atoms with Crippen LogP contribution in [0.4, 0.5) is 0 Å². The maximum atomic E-state index is 5.52. The van der Waals surface area contributed by atoms with Crippen molar-refractivity contribution in [1.29, 1.82) is 0 Å². The highest BCUT2D eigenvalue weighted by molar-refractivity contribution is 4.74. The summed E-state index contributed by atoms with van der Waals surface area (Å²) in [5, 5.41) is 0. The van der Waals surface area contributed by atoms with E-state index in [2.05, 4.69) is 28.5 Å². The molecule has 4 nitrogen and oxygen atoms in total. The minimum Gasteiger partial charge on any atom is -0.380 e. The number of hydrogen-bond donors (Lipinski definition) is 0. The summed E-state index contributed by atoms with van der Waals surface area (Å²) in [5.41, 5.74) is 0. The summed E-state index contributed by atoms with van der Waals surface area (Å²) in [6.45, 7) is 17.6. The Balaban J connectivity index is 1.59. The van der Waals surface area contributed by atoms with Gasteiger partial charge in [-0.2, -0.15) is 0 Å². The zero-order chi connectivity index (χ0) is 14.2. The lowest BCUT2D eigenvalue weighted by molar-refractivity contribution is 0.105. The zero-order valence-corrected chi connectivity index (χ0v) is 13.5. The molecule has 1 unspecified atom stereocenters. The molecular formula is C16H33N3O. The molecule has 0 amide bonds. The molecule has 0 aliphatic carbocycles. The Bertz CT molecular complexity index is 246. The lowest BCUT2D eigenvalue weighted by atomic mass is 10.1. The minimum atomic E-state index is 0.846. The molecule has 0 aromatic heterocycles. The molecule has 2 rings (SSSR count). The van der Waals surface area contributed by atoms with Gasteiger partial charge < -0.3 is 9.64 Å². The van der Waals surface area contributed by atoms with Gasteiger partial charge in [-0.3, -0.25) is 9.80 Å². The molecule has 0 aromatic carbocycles. The van der Waals surface area contributed by atoms with Crippen LogP contribution in [0, 0.1) is 5.92 Å². The quantitative estimate of drug-likeness (QED) is 0.733. The zero-order valence-electron chi connectivity index (χ0n) is 13.5. The van der Waals surface area contributed by atoms with E-state index in [-0.39, 0.29) is 0 Å². The highest BCUT2D eigenvalue weighted by Crippen LogP contribution is 2.08. The summed E-state index contributed by atoms with van der Waals surface area (Å²) in [6, 6.07) is 0. The Morgan fingerprint density at radius 1 is 0.850 bits per heavy atom. The van der Waals surface area contributed by atoms with Crippen molar-refractivity contribution >= 4 is 0 Å². The molecular weight excluding hydrogens is 250 g/mol. The first-order chi connectivity index (χ1) is 9.78. The first kappa shape index (κ1) is 16.2. The van der Waals surface area contributed by atoms with E-state index in [0.29, 0.717) is 0 Å². The SMILES string of the molecule is CCC(C)CN1CCN(CCN2CCCOCC2)CC1. The van der Waals surface area contributed by atoms with E-state index in [0.717, 1.165) is 25.7 Å². The minimum absolute atomic E-state index is 0.846. The van der Waals surface area contributed by atoms with Gasteiger partial charge in [0.2, 0.25) is 0 Å². The number of nitrogens with zero attached hydrogens (tertiary/aromatic N) is 3. The fraction of sp³-hybridized carbons (Fsp3) is 1.00. The summed E-state index contributed by atoms with van der Waals surface area (Å²) >= 11 is 0. The Morgan fingerprint density at radius 2 is 1.50 bits per heavy atom.